The van der Waals surface area contributed by atoms with Crippen molar-refractivity contribution in [1.29, 1.82) is 0 Å². The minimum absolute atomic E-state index is 0.174. The number of aliphatic hydroxyl groups is 1. The molecule has 0 fully saturated rings. The Kier molecular flexibility index (Phi) is 5.17. The highest BCUT2D eigenvalue weighted by Crippen LogP contribution is 2.25. The van der Waals surface area contributed by atoms with E-state index in [1.165, 1.54) is 0 Å². The number of fused-ring (bicyclic) bond motifs is 1. The molecule has 0 spiro atoms. The van der Waals surface area contributed by atoms with Crippen LogP contribution in [0.2, 0.25) is 0 Å². The van der Waals surface area contributed by atoms with E-state index in [2.05, 4.69) is 38.6 Å². The van der Waals surface area contributed by atoms with Crippen LogP contribution in [0.25, 0.3) is 11.0 Å². The summed E-state index contributed by atoms with van der Waals surface area (Å²) in [6.45, 7) is 3.82. The number of benzene rings is 1. The standard InChI is InChI=1S/C17H20N4OS/c1-2-21(11-12-22)23-15-6-4-14(5-7-15)19-16-8-3-13-9-10-18-17(13)20-16/h3-10,22H,2,11-12H2,1H3,(H2,18,19,20). The van der Waals surface area contributed by atoms with Gasteiger partial charge >= 0.3 is 0 Å². The molecule has 0 aliphatic rings. The number of aromatic amines is 1. The van der Waals surface area contributed by atoms with E-state index in [4.69, 9.17) is 5.11 Å². The molecule has 0 atom stereocenters. The third-order valence-electron chi connectivity index (χ3n) is 3.47. The monoisotopic (exact) mass is 328 g/mol. The first kappa shape index (κ1) is 15.9. The third-order valence-corrected chi connectivity index (χ3v) is 4.65. The molecule has 2 heterocycles. The minimum Gasteiger partial charge on any atom is -0.395 e. The zero-order valence-corrected chi connectivity index (χ0v) is 13.8. The fourth-order valence-electron chi connectivity index (χ4n) is 2.28. The number of likely N-dealkylation sites (N-methyl/N-ethyl adjacent to an activating group) is 1. The molecular weight excluding hydrogens is 308 g/mol. The van der Waals surface area contributed by atoms with Gasteiger partial charge in [-0.15, -0.1) is 0 Å². The second-order valence-electron chi connectivity index (χ2n) is 5.10. The number of rotatable bonds is 7. The third kappa shape index (κ3) is 4.04. The number of anilines is 2. The average molecular weight is 328 g/mol. The van der Waals surface area contributed by atoms with Crippen LogP contribution in [0.5, 0.6) is 0 Å². The van der Waals surface area contributed by atoms with Crippen molar-refractivity contribution in [2.45, 2.75) is 11.8 Å². The molecule has 0 saturated carbocycles. The lowest BCUT2D eigenvalue weighted by molar-refractivity contribution is 0.264. The quantitative estimate of drug-likeness (QED) is 0.578. The Morgan fingerprint density at radius 1 is 1.17 bits per heavy atom. The molecule has 3 N–H and O–H groups in total. The molecule has 5 nitrogen and oxygen atoms in total. The number of nitrogens with zero attached hydrogens (tertiary/aromatic N) is 2. The first-order valence-corrected chi connectivity index (χ1v) is 8.41. The number of H-pyrrole nitrogens is 1. The highest BCUT2D eigenvalue weighted by atomic mass is 32.2. The predicted molar refractivity (Wildman–Crippen MR) is 96.0 cm³/mol. The van der Waals surface area contributed by atoms with Gasteiger partial charge in [0.1, 0.15) is 11.5 Å². The van der Waals surface area contributed by atoms with Gasteiger partial charge in [-0.1, -0.05) is 6.92 Å². The van der Waals surface area contributed by atoms with Crippen molar-refractivity contribution in [3.05, 3.63) is 48.7 Å². The highest BCUT2D eigenvalue weighted by Gasteiger charge is 2.05. The van der Waals surface area contributed by atoms with Crippen molar-refractivity contribution >= 4 is 34.5 Å². The van der Waals surface area contributed by atoms with Crippen LogP contribution in [0, 0.1) is 0 Å². The Morgan fingerprint density at radius 3 is 2.74 bits per heavy atom. The predicted octanol–water partition coefficient (Wildman–Crippen LogP) is 3.63. The molecule has 0 aliphatic carbocycles. The molecule has 0 radical (unpaired) electrons. The summed E-state index contributed by atoms with van der Waals surface area (Å²) in [4.78, 5) is 8.80. The molecule has 1 aromatic carbocycles. The maximum atomic E-state index is 9.04. The molecule has 0 unspecified atom stereocenters. The summed E-state index contributed by atoms with van der Waals surface area (Å²) in [5, 5.41) is 13.5. The van der Waals surface area contributed by atoms with E-state index >= 15 is 0 Å². The van der Waals surface area contributed by atoms with Gasteiger partial charge in [-0.3, -0.25) is 0 Å². The molecule has 120 valence electrons. The van der Waals surface area contributed by atoms with Gasteiger partial charge in [0.05, 0.1) is 6.61 Å². The Labute approximate surface area is 139 Å². The van der Waals surface area contributed by atoms with Gasteiger partial charge in [0.2, 0.25) is 0 Å². The SMILES string of the molecule is CCN(CCO)Sc1ccc(Nc2ccc3cc[nH]c3n2)cc1. The molecule has 0 aliphatic heterocycles. The molecule has 0 bridgehead atoms. The molecular formula is C17H20N4OS. The van der Waals surface area contributed by atoms with Crippen LogP contribution < -0.4 is 5.32 Å². The number of hydrogen-bond acceptors (Lipinski definition) is 5. The fourth-order valence-corrected chi connectivity index (χ4v) is 3.13. The maximum Gasteiger partial charge on any atom is 0.139 e. The summed E-state index contributed by atoms with van der Waals surface area (Å²) < 4.78 is 2.13. The molecule has 3 aromatic rings. The molecule has 6 heteroatoms. The zero-order chi connectivity index (χ0) is 16.1. The zero-order valence-electron chi connectivity index (χ0n) is 13.0. The lowest BCUT2D eigenvalue weighted by atomic mass is 10.3. The summed E-state index contributed by atoms with van der Waals surface area (Å²) in [7, 11) is 0. The van der Waals surface area contributed by atoms with Gasteiger partial charge in [-0.2, -0.15) is 0 Å². The lowest BCUT2D eigenvalue weighted by Gasteiger charge is -2.17. The second kappa shape index (κ2) is 7.50. The Bertz CT molecular complexity index is 757. The number of aliphatic hydroxyl groups excluding tert-OH is 1. The van der Waals surface area contributed by atoms with E-state index in [9.17, 15) is 0 Å². The van der Waals surface area contributed by atoms with Crippen molar-refractivity contribution < 1.29 is 5.11 Å². The van der Waals surface area contributed by atoms with Crippen molar-refractivity contribution in [2.24, 2.45) is 0 Å². The smallest absolute Gasteiger partial charge is 0.139 e. The second-order valence-corrected chi connectivity index (χ2v) is 6.27. The molecule has 2 aromatic heterocycles. The van der Waals surface area contributed by atoms with Crippen LogP contribution in [-0.4, -0.2) is 39.1 Å². The molecule has 3 rings (SSSR count). The van der Waals surface area contributed by atoms with Gasteiger partial charge in [-0.25, -0.2) is 9.29 Å². The van der Waals surface area contributed by atoms with Crippen LogP contribution in [0.4, 0.5) is 11.5 Å². The highest BCUT2D eigenvalue weighted by molar-refractivity contribution is 7.97. The Balaban J connectivity index is 1.66. The van der Waals surface area contributed by atoms with Gasteiger partial charge in [0.15, 0.2) is 0 Å². The van der Waals surface area contributed by atoms with Gasteiger partial charge in [0, 0.05) is 35.3 Å². The van der Waals surface area contributed by atoms with E-state index in [1.807, 2.05) is 36.5 Å². The summed E-state index contributed by atoms with van der Waals surface area (Å²) in [5.74, 6) is 0.816. The molecule has 0 saturated heterocycles. The largest absolute Gasteiger partial charge is 0.395 e. The molecule has 23 heavy (non-hydrogen) atoms. The van der Waals surface area contributed by atoms with Crippen molar-refractivity contribution in [2.75, 3.05) is 25.0 Å². The van der Waals surface area contributed by atoms with Crippen LogP contribution in [-0.2, 0) is 0 Å². The maximum absolute atomic E-state index is 9.04. The summed E-state index contributed by atoms with van der Waals surface area (Å²) in [5.41, 5.74) is 1.88. The number of nitrogens with one attached hydrogen (secondary N) is 2. The van der Waals surface area contributed by atoms with Crippen molar-refractivity contribution in [3.63, 3.8) is 0 Å². The van der Waals surface area contributed by atoms with E-state index in [-0.39, 0.29) is 6.61 Å². The average Bonchev–Trinajstić information content (AvgIpc) is 3.04. The Hall–Kier alpha value is -2.02. The van der Waals surface area contributed by atoms with Crippen LogP contribution in [0.1, 0.15) is 6.92 Å². The van der Waals surface area contributed by atoms with Crippen LogP contribution in [0.3, 0.4) is 0 Å². The van der Waals surface area contributed by atoms with Crippen LogP contribution in [0.15, 0.2) is 53.6 Å². The fraction of sp³-hybridized carbons (Fsp3) is 0.235. The van der Waals surface area contributed by atoms with E-state index < -0.39 is 0 Å². The first-order valence-electron chi connectivity index (χ1n) is 7.63. The normalized spacial score (nSPS) is 11.3. The molecule has 0 amide bonds. The first-order chi connectivity index (χ1) is 11.3. The van der Waals surface area contributed by atoms with Gasteiger partial charge in [0.25, 0.3) is 0 Å². The van der Waals surface area contributed by atoms with Crippen LogP contribution >= 0.6 is 11.9 Å². The number of hydrogen-bond donors (Lipinski definition) is 3. The van der Waals surface area contributed by atoms with E-state index in [1.54, 1.807) is 11.9 Å². The number of pyridine rings is 1. The van der Waals surface area contributed by atoms with E-state index in [0.29, 0.717) is 6.54 Å². The summed E-state index contributed by atoms with van der Waals surface area (Å²) >= 11 is 1.66. The van der Waals surface area contributed by atoms with E-state index in [0.717, 1.165) is 34.0 Å². The van der Waals surface area contributed by atoms with Crippen molar-refractivity contribution in [1.82, 2.24) is 14.3 Å². The summed E-state index contributed by atoms with van der Waals surface area (Å²) in [6, 6.07) is 14.2. The van der Waals surface area contributed by atoms with Crippen molar-refractivity contribution in [3.8, 4) is 0 Å². The van der Waals surface area contributed by atoms with Gasteiger partial charge in [-0.05, 0) is 54.4 Å². The topological polar surface area (TPSA) is 64.2 Å². The number of aromatic nitrogens is 2. The Morgan fingerprint density at radius 2 is 2.00 bits per heavy atom. The summed E-state index contributed by atoms with van der Waals surface area (Å²) in [6.07, 6.45) is 1.89. The minimum atomic E-state index is 0.174. The van der Waals surface area contributed by atoms with Gasteiger partial charge < -0.3 is 15.4 Å². The lowest BCUT2D eigenvalue weighted by Crippen LogP contribution is -2.18.